The average Bonchev–Trinajstić information content (AvgIpc) is 2.95. The predicted molar refractivity (Wildman–Crippen MR) is 94.9 cm³/mol. The Morgan fingerprint density at radius 3 is 2.88 bits per heavy atom. The lowest BCUT2D eigenvalue weighted by molar-refractivity contribution is -0.116. The van der Waals surface area contributed by atoms with Gasteiger partial charge in [0.2, 0.25) is 11.8 Å². The van der Waals surface area contributed by atoms with Crippen LogP contribution in [0.5, 0.6) is 5.88 Å². The minimum Gasteiger partial charge on any atom is -0.480 e. The van der Waals surface area contributed by atoms with Gasteiger partial charge in [-0.3, -0.25) is 4.79 Å². The Morgan fingerprint density at radius 1 is 1.32 bits per heavy atom. The zero-order chi connectivity index (χ0) is 18.0. The molecule has 0 saturated heterocycles. The molecule has 0 fully saturated rings. The number of fused-ring (bicyclic) bond motifs is 1. The number of carbonyl (C=O) groups excluding carboxylic acids is 1. The van der Waals surface area contributed by atoms with Gasteiger partial charge in [-0.15, -0.1) is 0 Å². The number of rotatable bonds is 5. The summed E-state index contributed by atoms with van der Waals surface area (Å²) in [5.74, 6) is 0.306. The minimum atomic E-state index is -0.0955. The van der Waals surface area contributed by atoms with Crippen molar-refractivity contribution in [3.63, 3.8) is 0 Å². The molecule has 25 heavy (non-hydrogen) atoms. The van der Waals surface area contributed by atoms with Gasteiger partial charge >= 0.3 is 0 Å². The summed E-state index contributed by atoms with van der Waals surface area (Å²) in [5.41, 5.74) is 5.32. The molecule has 0 aliphatic carbocycles. The standard InChI is InChI=1S/C18H21N5O2/c1-11-10-16-20-12(2)14(13(3)23(16)22-11)7-8-17(24)21-15-6-5-9-19-18(15)25-4/h5-6,9-10H,7-8H2,1-4H3,(H,21,24). The van der Waals surface area contributed by atoms with Gasteiger partial charge in [0.15, 0.2) is 5.65 Å². The molecule has 1 amide bonds. The van der Waals surface area contributed by atoms with Crippen molar-refractivity contribution >= 4 is 17.2 Å². The van der Waals surface area contributed by atoms with Crippen molar-refractivity contribution in [1.29, 1.82) is 0 Å². The monoisotopic (exact) mass is 339 g/mol. The number of hydrogen-bond donors (Lipinski definition) is 1. The topological polar surface area (TPSA) is 81.4 Å². The average molecular weight is 339 g/mol. The van der Waals surface area contributed by atoms with Crippen molar-refractivity contribution in [3.05, 3.63) is 47.0 Å². The molecule has 0 radical (unpaired) electrons. The van der Waals surface area contributed by atoms with E-state index >= 15 is 0 Å². The SMILES string of the molecule is COc1ncccc1NC(=O)CCc1c(C)nc2cc(C)nn2c1C. The van der Waals surface area contributed by atoms with Gasteiger partial charge in [0, 0.05) is 30.1 Å². The van der Waals surface area contributed by atoms with E-state index < -0.39 is 0 Å². The summed E-state index contributed by atoms with van der Waals surface area (Å²) in [7, 11) is 1.53. The first-order valence-corrected chi connectivity index (χ1v) is 8.11. The van der Waals surface area contributed by atoms with Crippen LogP contribution in [0.3, 0.4) is 0 Å². The van der Waals surface area contributed by atoms with Crippen LogP contribution >= 0.6 is 0 Å². The molecule has 0 bridgehead atoms. The second-order valence-corrected chi connectivity index (χ2v) is 5.93. The lowest BCUT2D eigenvalue weighted by atomic mass is 10.1. The fourth-order valence-electron chi connectivity index (χ4n) is 2.90. The highest BCUT2D eigenvalue weighted by Gasteiger charge is 2.14. The van der Waals surface area contributed by atoms with Crippen LogP contribution in [0.15, 0.2) is 24.4 Å². The van der Waals surface area contributed by atoms with Crippen LogP contribution in [0.4, 0.5) is 5.69 Å². The van der Waals surface area contributed by atoms with E-state index in [9.17, 15) is 4.79 Å². The Labute approximate surface area is 146 Å². The number of carbonyl (C=O) groups is 1. The van der Waals surface area contributed by atoms with Crippen LogP contribution < -0.4 is 10.1 Å². The number of aryl methyl sites for hydroxylation is 3. The third kappa shape index (κ3) is 3.45. The van der Waals surface area contributed by atoms with Crippen LogP contribution in [0, 0.1) is 20.8 Å². The van der Waals surface area contributed by atoms with Gasteiger partial charge in [0.25, 0.3) is 0 Å². The van der Waals surface area contributed by atoms with Crippen LogP contribution in [-0.4, -0.2) is 32.6 Å². The summed E-state index contributed by atoms with van der Waals surface area (Å²) >= 11 is 0. The maximum Gasteiger partial charge on any atom is 0.237 e. The number of nitrogens with one attached hydrogen (secondary N) is 1. The number of hydrogen-bond acceptors (Lipinski definition) is 5. The minimum absolute atomic E-state index is 0.0955. The molecule has 1 N–H and O–H groups in total. The van der Waals surface area contributed by atoms with Crippen LogP contribution in [0.1, 0.15) is 29.1 Å². The molecule has 130 valence electrons. The molecule has 7 nitrogen and oxygen atoms in total. The largest absolute Gasteiger partial charge is 0.480 e. The highest BCUT2D eigenvalue weighted by atomic mass is 16.5. The summed E-state index contributed by atoms with van der Waals surface area (Å²) in [6, 6.07) is 5.47. The predicted octanol–water partition coefficient (Wildman–Crippen LogP) is 2.63. The first kappa shape index (κ1) is 16.9. The van der Waals surface area contributed by atoms with E-state index in [4.69, 9.17) is 4.74 Å². The summed E-state index contributed by atoms with van der Waals surface area (Å²) in [6.07, 6.45) is 2.55. The van der Waals surface area contributed by atoms with Crippen LogP contribution in [0.25, 0.3) is 5.65 Å². The van der Waals surface area contributed by atoms with Gasteiger partial charge in [0.05, 0.1) is 12.8 Å². The number of amides is 1. The molecule has 3 rings (SSSR count). The first-order valence-electron chi connectivity index (χ1n) is 8.11. The highest BCUT2D eigenvalue weighted by Crippen LogP contribution is 2.21. The Kier molecular flexibility index (Phi) is 4.65. The van der Waals surface area contributed by atoms with E-state index in [0.717, 1.165) is 28.3 Å². The maximum absolute atomic E-state index is 12.3. The van der Waals surface area contributed by atoms with Crippen molar-refractivity contribution in [3.8, 4) is 5.88 Å². The number of aromatic nitrogens is 4. The Morgan fingerprint density at radius 2 is 2.12 bits per heavy atom. The normalized spacial score (nSPS) is 10.9. The number of anilines is 1. The molecular formula is C18H21N5O2. The molecule has 0 aliphatic heterocycles. The Hall–Kier alpha value is -2.96. The second-order valence-electron chi connectivity index (χ2n) is 5.93. The third-order valence-electron chi connectivity index (χ3n) is 4.13. The summed E-state index contributed by atoms with van der Waals surface area (Å²) < 4.78 is 6.98. The van der Waals surface area contributed by atoms with Crippen molar-refractivity contribution in [2.75, 3.05) is 12.4 Å². The molecule has 0 atom stereocenters. The summed E-state index contributed by atoms with van der Waals surface area (Å²) in [4.78, 5) is 21.0. The number of ether oxygens (including phenoxy) is 1. The first-order chi connectivity index (χ1) is 12.0. The number of nitrogens with zero attached hydrogens (tertiary/aromatic N) is 4. The zero-order valence-corrected chi connectivity index (χ0v) is 14.8. The Balaban J connectivity index is 1.75. The molecule has 3 heterocycles. The molecule has 7 heteroatoms. The van der Waals surface area contributed by atoms with E-state index in [2.05, 4.69) is 20.4 Å². The van der Waals surface area contributed by atoms with Crippen molar-refractivity contribution in [2.45, 2.75) is 33.6 Å². The van der Waals surface area contributed by atoms with Crippen molar-refractivity contribution in [1.82, 2.24) is 19.6 Å². The van der Waals surface area contributed by atoms with E-state index in [1.165, 1.54) is 7.11 Å². The molecule has 0 spiro atoms. The van der Waals surface area contributed by atoms with Crippen LogP contribution in [0.2, 0.25) is 0 Å². The fourth-order valence-corrected chi connectivity index (χ4v) is 2.90. The van der Waals surface area contributed by atoms with Gasteiger partial charge in [0.1, 0.15) is 5.69 Å². The van der Waals surface area contributed by atoms with Gasteiger partial charge < -0.3 is 10.1 Å². The number of pyridine rings is 1. The quantitative estimate of drug-likeness (QED) is 0.773. The molecule has 3 aromatic heterocycles. The molecule has 0 aromatic carbocycles. The molecule has 3 aromatic rings. The van der Waals surface area contributed by atoms with E-state index in [1.54, 1.807) is 18.3 Å². The summed E-state index contributed by atoms with van der Waals surface area (Å²) in [6.45, 7) is 5.91. The fraction of sp³-hybridized carbons (Fsp3) is 0.333. The van der Waals surface area contributed by atoms with Crippen molar-refractivity contribution in [2.24, 2.45) is 0 Å². The van der Waals surface area contributed by atoms with E-state index in [1.807, 2.05) is 31.4 Å². The Bertz CT molecular complexity index is 933. The number of methoxy groups -OCH3 is 1. The van der Waals surface area contributed by atoms with Crippen LogP contribution in [-0.2, 0) is 11.2 Å². The van der Waals surface area contributed by atoms with Gasteiger partial charge in [-0.25, -0.2) is 14.5 Å². The molecule has 0 unspecified atom stereocenters. The summed E-state index contributed by atoms with van der Waals surface area (Å²) in [5, 5.41) is 7.30. The second kappa shape index (κ2) is 6.88. The molecular weight excluding hydrogens is 318 g/mol. The highest BCUT2D eigenvalue weighted by molar-refractivity contribution is 5.92. The van der Waals surface area contributed by atoms with E-state index in [-0.39, 0.29) is 5.91 Å². The lowest BCUT2D eigenvalue weighted by Crippen LogP contribution is -2.15. The lowest BCUT2D eigenvalue weighted by Gasteiger charge is -2.12. The third-order valence-corrected chi connectivity index (χ3v) is 4.13. The van der Waals surface area contributed by atoms with Gasteiger partial charge in [-0.2, -0.15) is 5.10 Å². The smallest absolute Gasteiger partial charge is 0.237 e. The maximum atomic E-state index is 12.3. The zero-order valence-electron chi connectivity index (χ0n) is 14.8. The molecule has 0 aliphatic rings. The molecule has 0 saturated carbocycles. The van der Waals surface area contributed by atoms with Crippen molar-refractivity contribution < 1.29 is 9.53 Å². The van der Waals surface area contributed by atoms with Gasteiger partial charge in [-0.1, -0.05) is 0 Å². The van der Waals surface area contributed by atoms with Gasteiger partial charge in [-0.05, 0) is 44.9 Å². The van der Waals surface area contributed by atoms with E-state index in [0.29, 0.717) is 24.4 Å².